The Morgan fingerprint density at radius 3 is 2.23 bits per heavy atom. The monoisotopic (exact) mass is 297 g/mol. The molecule has 5 heteroatoms. The highest BCUT2D eigenvalue weighted by Gasteiger charge is 2.09. The van der Waals surface area contributed by atoms with E-state index in [1.165, 1.54) is 12.8 Å². The van der Waals surface area contributed by atoms with Crippen LogP contribution in [-0.4, -0.2) is 24.8 Å². The average Bonchev–Trinajstić information content (AvgIpc) is 3.09. The van der Waals surface area contributed by atoms with Crippen LogP contribution < -0.4 is 16.0 Å². The highest BCUT2D eigenvalue weighted by molar-refractivity contribution is 5.66. The third kappa shape index (κ3) is 3.84. The minimum Gasteiger partial charge on any atom is -0.743 e. The normalized spacial score (nSPS) is 15.1. The molecule has 1 aliphatic heterocycles. The van der Waals surface area contributed by atoms with E-state index >= 15 is 0 Å². The molecule has 0 bridgehead atoms. The number of hydrazine groups is 2. The minimum absolute atomic E-state index is 0.434. The van der Waals surface area contributed by atoms with Crippen LogP contribution in [0.15, 0.2) is 54.6 Å². The molecule has 0 atom stereocenters. The molecule has 1 fully saturated rings. The second-order valence-electron chi connectivity index (χ2n) is 5.39. The van der Waals surface area contributed by atoms with Gasteiger partial charge in [-0.05, 0) is 36.1 Å². The zero-order valence-electron chi connectivity index (χ0n) is 12.5. The van der Waals surface area contributed by atoms with Crippen molar-refractivity contribution in [2.24, 2.45) is 0 Å². The third-order valence-electron chi connectivity index (χ3n) is 3.84. The van der Waals surface area contributed by atoms with Crippen molar-refractivity contribution in [1.82, 2.24) is 15.9 Å². The maximum Gasteiger partial charge on any atom is 0.0764 e. The lowest BCUT2D eigenvalue weighted by molar-refractivity contribution is 0.227. The summed E-state index contributed by atoms with van der Waals surface area (Å²) in [6.45, 7) is 2.53. The van der Waals surface area contributed by atoms with E-state index < -0.39 is 0 Å². The SMILES string of the molecule is [O-]N(NCNN1CCCC1)c1ccc(-c2ccccc2)cc1. The number of anilines is 1. The molecule has 1 saturated heterocycles. The number of rotatable bonds is 6. The summed E-state index contributed by atoms with van der Waals surface area (Å²) in [5.74, 6) is 0. The molecule has 22 heavy (non-hydrogen) atoms. The summed E-state index contributed by atoms with van der Waals surface area (Å²) >= 11 is 0. The molecule has 2 N–H and O–H groups in total. The molecule has 0 aromatic heterocycles. The molecule has 0 amide bonds. The molecule has 0 unspecified atom stereocenters. The standard InChI is InChI=1S/C17H21N4O/c22-21(19-14-18-20-12-4-5-13-20)17-10-8-16(9-11-17)15-6-2-1-3-7-15/h1-3,6-11,18-19H,4-5,12-14H2/q-1. The van der Waals surface area contributed by atoms with Crippen LogP contribution in [0.25, 0.3) is 11.1 Å². The fourth-order valence-electron chi connectivity index (χ4n) is 2.61. The number of hydrogen-bond acceptors (Lipinski definition) is 5. The van der Waals surface area contributed by atoms with Gasteiger partial charge in [-0.1, -0.05) is 42.5 Å². The fraction of sp³-hybridized carbons (Fsp3) is 0.294. The first-order valence-corrected chi connectivity index (χ1v) is 7.68. The summed E-state index contributed by atoms with van der Waals surface area (Å²) in [5.41, 5.74) is 8.86. The van der Waals surface area contributed by atoms with Gasteiger partial charge in [0.1, 0.15) is 0 Å². The van der Waals surface area contributed by atoms with Gasteiger partial charge in [0.15, 0.2) is 0 Å². The van der Waals surface area contributed by atoms with Gasteiger partial charge >= 0.3 is 0 Å². The molecule has 3 rings (SSSR count). The molecule has 1 heterocycles. The first-order chi connectivity index (χ1) is 10.8. The lowest BCUT2D eigenvalue weighted by Crippen LogP contribution is -2.46. The van der Waals surface area contributed by atoms with Gasteiger partial charge in [0.05, 0.1) is 6.67 Å². The number of hydrogen-bond donors (Lipinski definition) is 2. The Labute approximate surface area is 131 Å². The zero-order chi connectivity index (χ0) is 15.2. The Morgan fingerprint density at radius 2 is 1.55 bits per heavy atom. The van der Waals surface area contributed by atoms with Gasteiger partial charge in [-0.25, -0.2) is 15.9 Å². The highest BCUT2D eigenvalue weighted by atomic mass is 16.5. The molecule has 2 aromatic carbocycles. The van der Waals surface area contributed by atoms with Crippen molar-refractivity contribution >= 4 is 5.69 Å². The molecule has 0 spiro atoms. The van der Waals surface area contributed by atoms with E-state index in [1.54, 1.807) is 0 Å². The lowest BCUT2D eigenvalue weighted by Gasteiger charge is -2.32. The van der Waals surface area contributed by atoms with Crippen LogP contribution in [0, 0.1) is 5.21 Å². The van der Waals surface area contributed by atoms with E-state index in [4.69, 9.17) is 0 Å². The van der Waals surface area contributed by atoms with Gasteiger partial charge in [-0.3, -0.25) is 0 Å². The summed E-state index contributed by atoms with van der Waals surface area (Å²) in [6, 6.07) is 17.7. The maximum absolute atomic E-state index is 12.0. The van der Waals surface area contributed by atoms with Crippen molar-refractivity contribution in [1.29, 1.82) is 0 Å². The Hall–Kier alpha value is -1.92. The maximum atomic E-state index is 12.0. The molecule has 2 aromatic rings. The van der Waals surface area contributed by atoms with Crippen molar-refractivity contribution in [2.75, 3.05) is 24.9 Å². The third-order valence-corrected chi connectivity index (χ3v) is 3.84. The largest absolute Gasteiger partial charge is 0.743 e. The Morgan fingerprint density at radius 1 is 0.909 bits per heavy atom. The number of benzene rings is 2. The van der Waals surface area contributed by atoms with Crippen molar-refractivity contribution < 1.29 is 0 Å². The molecule has 1 aliphatic rings. The number of nitrogens with one attached hydrogen (secondary N) is 2. The van der Waals surface area contributed by atoms with Crippen LogP contribution >= 0.6 is 0 Å². The van der Waals surface area contributed by atoms with Crippen molar-refractivity contribution in [3.63, 3.8) is 0 Å². The van der Waals surface area contributed by atoms with Gasteiger partial charge in [0, 0.05) is 18.8 Å². The topological polar surface area (TPSA) is 53.6 Å². The van der Waals surface area contributed by atoms with Crippen LogP contribution in [-0.2, 0) is 0 Å². The van der Waals surface area contributed by atoms with Crippen LogP contribution in [0.1, 0.15) is 12.8 Å². The highest BCUT2D eigenvalue weighted by Crippen LogP contribution is 2.22. The second kappa shape index (κ2) is 7.38. The van der Waals surface area contributed by atoms with Crippen LogP contribution in [0.3, 0.4) is 0 Å². The first kappa shape index (κ1) is 15.0. The van der Waals surface area contributed by atoms with Gasteiger partial charge in [-0.15, -0.1) is 0 Å². The van der Waals surface area contributed by atoms with E-state index in [0.717, 1.165) is 29.4 Å². The van der Waals surface area contributed by atoms with Gasteiger partial charge < -0.3 is 10.4 Å². The Kier molecular flexibility index (Phi) is 5.03. The van der Waals surface area contributed by atoms with E-state index in [-0.39, 0.29) is 0 Å². The fourth-order valence-corrected chi connectivity index (χ4v) is 2.61. The van der Waals surface area contributed by atoms with Crippen LogP contribution in [0.5, 0.6) is 0 Å². The van der Waals surface area contributed by atoms with E-state index in [1.807, 2.05) is 42.5 Å². The van der Waals surface area contributed by atoms with Crippen molar-refractivity contribution in [3.8, 4) is 11.1 Å². The molecule has 0 saturated carbocycles. The van der Waals surface area contributed by atoms with E-state index in [0.29, 0.717) is 12.4 Å². The minimum atomic E-state index is 0.434. The molecule has 116 valence electrons. The molecule has 0 aliphatic carbocycles. The lowest BCUT2D eigenvalue weighted by atomic mass is 10.1. The van der Waals surface area contributed by atoms with Crippen molar-refractivity contribution in [3.05, 3.63) is 59.8 Å². The van der Waals surface area contributed by atoms with Crippen molar-refractivity contribution in [2.45, 2.75) is 12.8 Å². The number of nitrogens with zero attached hydrogens (tertiary/aromatic N) is 2. The quantitative estimate of drug-likeness (QED) is 0.634. The zero-order valence-corrected chi connectivity index (χ0v) is 12.5. The van der Waals surface area contributed by atoms with Crippen LogP contribution in [0.4, 0.5) is 5.69 Å². The van der Waals surface area contributed by atoms with E-state index in [2.05, 4.69) is 28.0 Å². The van der Waals surface area contributed by atoms with Crippen LogP contribution in [0.2, 0.25) is 0 Å². The summed E-state index contributed by atoms with van der Waals surface area (Å²) < 4.78 is 0. The van der Waals surface area contributed by atoms with Gasteiger partial charge in [0.2, 0.25) is 0 Å². The Balaban J connectivity index is 1.53. The molecular formula is C17H21N4O-. The molecule has 0 radical (unpaired) electrons. The Bertz CT molecular complexity index is 567. The predicted octanol–water partition coefficient (Wildman–Crippen LogP) is 2.72. The summed E-state index contributed by atoms with van der Waals surface area (Å²) in [4.78, 5) is 0. The first-order valence-electron chi connectivity index (χ1n) is 7.68. The predicted molar refractivity (Wildman–Crippen MR) is 89.7 cm³/mol. The second-order valence-corrected chi connectivity index (χ2v) is 5.39. The molecular weight excluding hydrogens is 276 g/mol. The summed E-state index contributed by atoms with van der Waals surface area (Å²) in [6.07, 6.45) is 2.43. The average molecular weight is 297 g/mol. The summed E-state index contributed by atoms with van der Waals surface area (Å²) in [5, 5.41) is 15.0. The van der Waals surface area contributed by atoms with Gasteiger partial charge in [-0.2, -0.15) is 0 Å². The smallest absolute Gasteiger partial charge is 0.0764 e. The molecule has 5 nitrogen and oxygen atoms in total. The summed E-state index contributed by atoms with van der Waals surface area (Å²) in [7, 11) is 0. The van der Waals surface area contributed by atoms with E-state index in [9.17, 15) is 5.21 Å². The van der Waals surface area contributed by atoms with Gasteiger partial charge in [0.25, 0.3) is 0 Å².